The normalized spacial score (nSPS) is 12.0. The molecule has 0 bridgehead atoms. The largest absolute Gasteiger partial charge is 0.455 e. The van der Waals surface area contributed by atoms with Gasteiger partial charge in [-0.15, -0.1) is 22.7 Å². The van der Waals surface area contributed by atoms with Gasteiger partial charge in [0.25, 0.3) is 11.4 Å². The van der Waals surface area contributed by atoms with Crippen LogP contribution in [0.2, 0.25) is 0 Å². The summed E-state index contributed by atoms with van der Waals surface area (Å²) >= 11 is 2.93. The Balaban J connectivity index is 1.37. The fourth-order valence-electron chi connectivity index (χ4n) is 4.14. The lowest BCUT2D eigenvalue weighted by molar-refractivity contribution is 0.631. The Labute approximate surface area is 217 Å². The lowest BCUT2D eigenvalue weighted by atomic mass is 10.0. The van der Waals surface area contributed by atoms with Gasteiger partial charge in [0.05, 0.1) is 40.2 Å². The molecule has 1 aromatic carbocycles. The maximum Gasteiger partial charge on any atom is 0.263 e. The number of nitrogens with one attached hydrogen (secondary N) is 1. The minimum Gasteiger partial charge on any atom is -0.455 e. The Morgan fingerprint density at radius 3 is 1.86 bits per heavy atom. The highest BCUT2D eigenvalue weighted by Crippen LogP contribution is 2.41. The highest BCUT2D eigenvalue weighted by molar-refractivity contribution is 7.20. The molecule has 37 heavy (non-hydrogen) atoms. The lowest BCUT2D eigenvalue weighted by Crippen LogP contribution is -1.82. The Bertz CT molecular complexity index is 1850. The average molecular weight is 514 g/mol. The second-order valence-corrected chi connectivity index (χ2v) is 10.1. The van der Waals surface area contributed by atoms with Gasteiger partial charge in [-0.1, -0.05) is 0 Å². The minimum atomic E-state index is 0.0357. The molecule has 0 saturated carbocycles. The monoisotopic (exact) mass is 513 g/mol. The van der Waals surface area contributed by atoms with Gasteiger partial charge in [-0.2, -0.15) is 0 Å². The maximum atomic E-state index is 9.00. The van der Waals surface area contributed by atoms with Crippen molar-refractivity contribution >= 4 is 66.3 Å². The molecule has 0 radical (unpaired) electrons. The fourth-order valence-corrected chi connectivity index (χ4v) is 6.06. The van der Waals surface area contributed by atoms with Crippen LogP contribution in [0.5, 0.6) is 0 Å². The van der Waals surface area contributed by atoms with Crippen LogP contribution in [0.15, 0.2) is 68.9 Å². The van der Waals surface area contributed by atoms with Crippen molar-refractivity contribution in [3.05, 3.63) is 92.6 Å². The van der Waals surface area contributed by atoms with Crippen LogP contribution >= 0.6 is 22.7 Å². The van der Waals surface area contributed by atoms with E-state index in [1.165, 1.54) is 22.7 Å². The van der Waals surface area contributed by atoms with E-state index in [-0.39, 0.29) is 11.4 Å². The van der Waals surface area contributed by atoms with Gasteiger partial charge < -0.3 is 13.8 Å². The molecule has 0 aliphatic carbocycles. The number of furan rings is 2. The van der Waals surface area contributed by atoms with Crippen LogP contribution in [0.3, 0.4) is 0 Å². The Hall–Kier alpha value is -5.32. The van der Waals surface area contributed by atoms with Gasteiger partial charge in [0.15, 0.2) is 0 Å². The van der Waals surface area contributed by atoms with Crippen molar-refractivity contribution in [1.82, 2.24) is 4.98 Å². The average Bonchev–Trinajstić information content (AvgIpc) is 3.71. The number of rotatable bonds is 4. The van der Waals surface area contributed by atoms with Crippen LogP contribution in [0.4, 0.5) is 0 Å². The number of hydrogen-bond donors (Lipinski definition) is 1. The van der Waals surface area contributed by atoms with Gasteiger partial charge in [0, 0.05) is 44.6 Å². The van der Waals surface area contributed by atoms with Gasteiger partial charge in [0.2, 0.25) is 0 Å². The minimum absolute atomic E-state index is 0.0357. The smallest absolute Gasteiger partial charge is 0.263 e. The van der Waals surface area contributed by atoms with Crippen molar-refractivity contribution in [3.63, 3.8) is 0 Å². The van der Waals surface area contributed by atoms with Crippen LogP contribution in [-0.4, -0.2) is 4.98 Å². The summed E-state index contributed by atoms with van der Waals surface area (Å²) in [4.78, 5) is 11.3. The molecule has 7 nitrogen and oxygen atoms in total. The molecule has 5 heterocycles. The Morgan fingerprint density at radius 1 is 0.811 bits per heavy atom. The molecule has 0 atom stereocenters. The zero-order valence-electron chi connectivity index (χ0n) is 18.7. The molecule has 6 aromatic rings. The number of aromatic amines is 1. The van der Waals surface area contributed by atoms with Gasteiger partial charge in [-0.05, 0) is 42.5 Å². The highest BCUT2D eigenvalue weighted by atomic mass is 32.1. The number of allylic oxidation sites excluding steroid dienone is 2. The zero-order valence-corrected chi connectivity index (χ0v) is 20.3. The molecule has 0 saturated heterocycles. The first-order valence-electron chi connectivity index (χ1n) is 10.8. The van der Waals surface area contributed by atoms with Gasteiger partial charge >= 0.3 is 0 Å². The molecule has 9 heteroatoms. The van der Waals surface area contributed by atoms with Crippen LogP contribution in [0.1, 0.15) is 9.75 Å². The summed E-state index contributed by atoms with van der Waals surface area (Å²) in [7, 11) is 0. The van der Waals surface area contributed by atoms with E-state index in [0.29, 0.717) is 16.9 Å². The van der Waals surface area contributed by atoms with E-state index in [4.69, 9.17) is 32.5 Å². The van der Waals surface area contributed by atoms with Crippen molar-refractivity contribution < 1.29 is 8.83 Å². The first kappa shape index (κ1) is 22.2. The second-order valence-electron chi connectivity index (χ2n) is 7.91. The summed E-state index contributed by atoms with van der Waals surface area (Å²) < 4.78 is 14.1. The van der Waals surface area contributed by atoms with Gasteiger partial charge in [-0.3, -0.25) is 0 Å². The van der Waals surface area contributed by atoms with Crippen LogP contribution < -0.4 is 0 Å². The molecule has 0 amide bonds. The molecular formula is C28H11N5O2S2. The van der Waals surface area contributed by atoms with Gasteiger partial charge in [0.1, 0.15) is 22.7 Å². The third kappa shape index (κ3) is 3.78. The van der Waals surface area contributed by atoms with Crippen LogP contribution in [0, 0.1) is 35.8 Å². The summed E-state index contributed by atoms with van der Waals surface area (Å²) in [6, 6.07) is 17.4. The molecule has 0 spiro atoms. The van der Waals surface area contributed by atoms with E-state index in [1.54, 1.807) is 12.2 Å². The van der Waals surface area contributed by atoms with Crippen molar-refractivity contribution in [1.29, 1.82) is 10.5 Å². The number of hydrogen-bond acceptors (Lipinski definition) is 6. The quantitative estimate of drug-likeness (QED) is 0.188. The maximum absolute atomic E-state index is 9.00. The Kier molecular flexibility index (Phi) is 5.22. The molecular weight excluding hydrogens is 502 g/mol. The van der Waals surface area contributed by atoms with Crippen molar-refractivity contribution in [2.75, 3.05) is 0 Å². The predicted octanol–water partition coefficient (Wildman–Crippen LogP) is 8.68. The molecule has 172 valence electrons. The molecule has 5 aromatic heterocycles. The number of fused-ring (bicyclic) bond motifs is 3. The van der Waals surface area contributed by atoms with E-state index in [9.17, 15) is 0 Å². The van der Waals surface area contributed by atoms with Crippen molar-refractivity contribution in [3.8, 4) is 34.8 Å². The van der Waals surface area contributed by atoms with E-state index >= 15 is 0 Å². The molecule has 0 unspecified atom stereocenters. The van der Waals surface area contributed by atoms with Crippen molar-refractivity contribution in [2.45, 2.75) is 0 Å². The number of H-pyrrole nitrogens is 1. The topological polar surface area (TPSA) is 98.4 Å². The third-order valence-electron chi connectivity index (χ3n) is 5.73. The SMILES string of the molecule is [C-]#[N+]/C(C#N)=C\c1cc2oc(-c3ccc(-c4cc5sc(/C=C(\C#N)[N+]#[C-])cc5o4)c4[nH]ccc34)cc2s1. The predicted molar refractivity (Wildman–Crippen MR) is 145 cm³/mol. The van der Waals surface area contributed by atoms with E-state index < -0.39 is 0 Å². The lowest BCUT2D eigenvalue weighted by Gasteiger charge is -2.04. The summed E-state index contributed by atoms with van der Waals surface area (Å²) in [5.74, 6) is 1.44. The number of nitrogens with zero attached hydrogens (tertiary/aromatic N) is 4. The van der Waals surface area contributed by atoms with E-state index in [1.807, 2.05) is 60.8 Å². The van der Waals surface area contributed by atoms with E-state index in [2.05, 4.69) is 14.7 Å². The summed E-state index contributed by atoms with van der Waals surface area (Å²) in [5.41, 5.74) is 4.23. The van der Waals surface area contributed by atoms with E-state index in [0.717, 1.165) is 46.9 Å². The number of benzene rings is 1. The van der Waals surface area contributed by atoms with Crippen molar-refractivity contribution in [2.24, 2.45) is 0 Å². The first-order chi connectivity index (χ1) is 18.1. The molecule has 1 N–H and O–H groups in total. The summed E-state index contributed by atoms with van der Waals surface area (Å²) in [6.45, 7) is 14.1. The second kappa shape index (κ2) is 8.72. The standard InChI is InChI=1S/C28H11N5O2S2/c1-31-15(13-29)7-17-9-24-26(36-17)11-22(34-24)19-3-4-21(28-20(19)5-6-33-28)23-12-27-25(35-23)10-18(37-27)8-16(14-30)32-2/h3-12,33H/b15-7-,16-8+. The molecule has 6 rings (SSSR count). The van der Waals surface area contributed by atoms with Crippen LogP contribution in [0.25, 0.3) is 76.0 Å². The molecule has 0 fully saturated rings. The summed E-state index contributed by atoms with van der Waals surface area (Å²) in [6.07, 6.45) is 5.00. The van der Waals surface area contributed by atoms with Gasteiger partial charge in [-0.25, -0.2) is 20.2 Å². The molecule has 0 aliphatic rings. The highest BCUT2D eigenvalue weighted by Gasteiger charge is 2.18. The molecule has 0 aliphatic heterocycles. The Morgan fingerprint density at radius 2 is 1.35 bits per heavy atom. The number of nitriles is 2. The zero-order chi connectivity index (χ0) is 25.5. The van der Waals surface area contributed by atoms with Crippen LogP contribution in [-0.2, 0) is 0 Å². The first-order valence-corrected chi connectivity index (χ1v) is 12.4. The number of aromatic nitrogens is 1. The fraction of sp³-hybridized carbons (Fsp3) is 0. The number of thiophene rings is 2. The summed E-state index contributed by atoms with van der Waals surface area (Å²) in [5, 5.41) is 19.0. The third-order valence-corrected chi connectivity index (χ3v) is 7.75.